The summed E-state index contributed by atoms with van der Waals surface area (Å²) in [7, 11) is 0. The molecule has 6 heteroatoms. The van der Waals surface area contributed by atoms with Crippen molar-refractivity contribution in [2.75, 3.05) is 6.54 Å². The molecule has 1 amide bonds. The van der Waals surface area contributed by atoms with Gasteiger partial charge in [0.15, 0.2) is 5.82 Å². The Morgan fingerprint density at radius 3 is 2.65 bits per heavy atom. The van der Waals surface area contributed by atoms with Crippen LogP contribution in [0.15, 0.2) is 36.7 Å². The minimum atomic E-state index is -0.798. The summed E-state index contributed by atoms with van der Waals surface area (Å²) in [6.45, 7) is 7.30. The Balaban J connectivity index is 0.00000127. The highest BCUT2D eigenvalue weighted by Gasteiger charge is 2.21. The molecule has 0 aliphatic carbocycles. The summed E-state index contributed by atoms with van der Waals surface area (Å²) in [6.07, 6.45) is 3.57. The first-order valence-electron chi connectivity index (χ1n) is 8.17. The summed E-state index contributed by atoms with van der Waals surface area (Å²) in [5.74, 6) is 0.263. The first-order chi connectivity index (χ1) is 11.2. The van der Waals surface area contributed by atoms with Crippen LogP contribution in [0, 0.1) is 0 Å². The van der Waals surface area contributed by atoms with Crippen molar-refractivity contribution >= 4 is 5.91 Å². The van der Waals surface area contributed by atoms with Crippen LogP contribution in [0.1, 0.15) is 51.0 Å². The van der Waals surface area contributed by atoms with Crippen LogP contribution >= 0.6 is 0 Å². The van der Waals surface area contributed by atoms with E-state index < -0.39 is 6.04 Å². The van der Waals surface area contributed by atoms with E-state index >= 15 is 0 Å². The standard InChI is InChI=1S/C15H21N5O.C2H6/c1-2-3-9-17-15(21)13(16)14-19-18-11-20(14)10-12-7-5-4-6-8-12;1-2/h4-8,11,13H,2-3,9-10,16H2,1H3,(H,17,21);1-2H3. The molecule has 1 heterocycles. The first-order valence-corrected chi connectivity index (χ1v) is 8.17. The number of carbonyl (C=O) groups excluding carboxylic acids is 1. The molecule has 6 nitrogen and oxygen atoms in total. The van der Waals surface area contributed by atoms with Gasteiger partial charge in [0, 0.05) is 6.54 Å². The number of aromatic nitrogens is 3. The van der Waals surface area contributed by atoms with Crippen molar-refractivity contribution in [2.45, 2.75) is 46.2 Å². The van der Waals surface area contributed by atoms with E-state index in [9.17, 15) is 4.79 Å². The molecular formula is C17H27N5O. The summed E-state index contributed by atoms with van der Waals surface area (Å²) in [5, 5.41) is 10.7. The monoisotopic (exact) mass is 317 g/mol. The lowest BCUT2D eigenvalue weighted by molar-refractivity contribution is -0.122. The number of nitrogens with zero attached hydrogens (tertiary/aromatic N) is 3. The summed E-state index contributed by atoms with van der Waals surface area (Å²) < 4.78 is 1.80. The average molecular weight is 317 g/mol. The lowest BCUT2D eigenvalue weighted by Crippen LogP contribution is -2.36. The van der Waals surface area contributed by atoms with Crippen LogP contribution in [0.4, 0.5) is 0 Å². The Hall–Kier alpha value is -2.21. The van der Waals surface area contributed by atoms with Gasteiger partial charge in [0.1, 0.15) is 12.4 Å². The SMILES string of the molecule is CC.CCCCNC(=O)C(N)c1nncn1Cc1ccccc1. The maximum Gasteiger partial charge on any atom is 0.244 e. The van der Waals surface area contributed by atoms with Gasteiger partial charge in [-0.3, -0.25) is 4.79 Å². The first kappa shape index (κ1) is 18.8. The summed E-state index contributed by atoms with van der Waals surface area (Å²) in [4.78, 5) is 12.0. The Morgan fingerprint density at radius 2 is 2.00 bits per heavy atom. The van der Waals surface area contributed by atoms with Crippen molar-refractivity contribution in [1.82, 2.24) is 20.1 Å². The third kappa shape index (κ3) is 5.83. The predicted octanol–water partition coefficient (Wildman–Crippen LogP) is 2.27. The average Bonchev–Trinajstić information content (AvgIpc) is 3.05. The highest BCUT2D eigenvalue weighted by atomic mass is 16.2. The molecule has 1 aromatic heterocycles. The molecule has 2 rings (SSSR count). The van der Waals surface area contributed by atoms with E-state index in [-0.39, 0.29) is 5.91 Å². The second-order valence-corrected chi connectivity index (χ2v) is 4.92. The number of benzene rings is 1. The summed E-state index contributed by atoms with van der Waals surface area (Å²) in [5.41, 5.74) is 7.09. The van der Waals surface area contributed by atoms with Crippen LogP contribution in [0.25, 0.3) is 0 Å². The molecule has 0 fully saturated rings. The van der Waals surface area contributed by atoms with Gasteiger partial charge in [0.05, 0.1) is 6.54 Å². The fraction of sp³-hybridized carbons (Fsp3) is 0.471. The van der Waals surface area contributed by atoms with Crippen LogP contribution in [0.5, 0.6) is 0 Å². The molecule has 0 saturated carbocycles. The molecular weight excluding hydrogens is 290 g/mol. The van der Waals surface area contributed by atoms with E-state index in [1.54, 1.807) is 10.9 Å². The van der Waals surface area contributed by atoms with Gasteiger partial charge in [0.2, 0.25) is 5.91 Å². The summed E-state index contributed by atoms with van der Waals surface area (Å²) in [6, 6.07) is 9.12. The van der Waals surface area contributed by atoms with Gasteiger partial charge in [-0.25, -0.2) is 0 Å². The topological polar surface area (TPSA) is 85.8 Å². The Bertz CT molecular complexity index is 567. The van der Waals surface area contributed by atoms with Gasteiger partial charge in [-0.15, -0.1) is 10.2 Å². The largest absolute Gasteiger partial charge is 0.354 e. The van der Waals surface area contributed by atoms with Crippen LogP contribution in [0.2, 0.25) is 0 Å². The quantitative estimate of drug-likeness (QED) is 0.767. The number of hydrogen-bond donors (Lipinski definition) is 2. The Kier molecular flexibility index (Phi) is 8.60. The number of nitrogens with one attached hydrogen (secondary N) is 1. The van der Waals surface area contributed by atoms with Crippen molar-refractivity contribution in [3.05, 3.63) is 48.0 Å². The van der Waals surface area contributed by atoms with E-state index in [0.717, 1.165) is 18.4 Å². The highest BCUT2D eigenvalue weighted by Crippen LogP contribution is 2.10. The Morgan fingerprint density at radius 1 is 1.30 bits per heavy atom. The molecule has 0 spiro atoms. The number of unbranched alkanes of at least 4 members (excludes halogenated alkanes) is 1. The minimum Gasteiger partial charge on any atom is -0.354 e. The van der Waals surface area contributed by atoms with Crippen molar-refractivity contribution in [2.24, 2.45) is 5.73 Å². The van der Waals surface area contributed by atoms with E-state index in [1.165, 1.54) is 0 Å². The molecule has 1 atom stereocenters. The number of amides is 1. The summed E-state index contributed by atoms with van der Waals surface area (Å²) >= 11 is 0. The van der Waals surface area contributed by atoms with Crippen LogP contribution < -0.4 is 11.1 Å². The fourth-order valence-electron chi connectivity index (χ4n) is 2.02. The van der Waals surface area contributed by atoms with Crippen molar-refractivity contribution in [1.29, 1.82) is 0 Å². The van der Waals surface area contributed by atoms with Gasteiger partial charge in [-0.1, -0.05) is 57.5 Å². The fourth-order valence-corrected chi connectivity index (χ4v) is 2.02. The third-order valence-electron chi connectivity index (χ3n) is 3.23. The number of carbonyl (C=O) groups is 1. The smallest absolute Gasteiger partial charge is 0.244 e. The zero-order valence-electron chi connectivity index (χ0n) is 14.2. The molecule has 0 aliphatic rings. The molecule has 0 saturated heterocycles. The van der Waals surface area contributed by atoms with Crippen LogP contribution in [0.3, 0.4) is 0 Å². The molecule has 0 aliphatic heterocycles. The highest BCUT2D eigenvalue weighted by molar-refractivity contribution is 5.81. The lowest BCUT2D eigenvalue weighted by atomic mass is 10.2. The molecule has 126 valence electrons. The second kappa shape index (κ2) is 10.5. The van der Waals surface area contributed by atoms with E-state index in [4.69, 9.17) is 5.73 Å². The molecule has 1 aromatic carbocycles. The van der Waals surface area contributed by atoms with Gasteiger partial charge >= 0.3 is 0 Å². The van der Waals surface area contributed by atoms with Gasteiger partial charge in [0.25, 0.3) is 0 Å². The predicted molar refractivity (Wildman–Crippen MR) is 91.8 cm³/mol. The Labute approximate surface area is 138 Å². The number of nitrogens with two attached hydrogens (primary N) is 1. The number of rotatable bonds is 7. The second-order valence-electron chi connectivity index (χ2n) is 4.92. The van der Waals surface area contributed by atoms with E-state index in [0.29, 0.717) is 18.9 Å². The molecule has 3 N–H and O–H groups in total. The van der Waals surface area contributed by atoms with Crippen LogP contribution in [-0.2, 0) is 11.3 Å². The van der Waals surface area contributed by atoms with Gasteiger partial charge in [-0.05, 0) is 12.0 Å². The maximum atomic E-state index is 12.0. The number of hydrogen-bond acceptors (Lipinski definition) is 4. The van der Waals surface area contributed by atoms with Gasteiger partial charge < -0.3 is 15.6 Å². The van der Waals surface area contributed by atoms with Gasteiger partial charge in [-0.2, -0.15) is 0 Å². The van der Waals surface area contributed by atoms with Crippen molar-refractivity contribution in [3.63, 3.8) is 0 Å². The normalized spacial score (nSPS) is 11.3. The van der Waals surface area contributed by atoms with Crippen molar-refractivity contribution in [3.8, 4) is 0 Å². The molecule has 0 bridgehead atoms. The third-order valence-corrected chi connectivity index (χ3v) is 3.23. The molecule has 2 aromatic rings. The van der Waals surface area contributed by atoms with E-state index in [1.807, 2.05) is 44.2 Å². The maximum absolute atomic E-state index is 12.0. The zero-order chi connectivity index (χ0) is 17.1. The zero-order valence-corrected chi connectivity index (χ0v) is 14.2. The lowest BCUT2D eigenvalue weighted by Gasteiger charge is -2.13. The van der Waals surface area contributed by atoms with Crippen LogP contribution in [-0.4, -0.2) is 27.2 Å². The molecule has 23 heavy (non-hydrogen) atoms. The van der Waals surface area contributed by atoms with E-state index in [2.05, 4.69) is 22.4 Å². The minimum absolute atomic E-state index is 0.217. The molecule has 0 radical (unpaired) electrons. The molecule has 1 unspecified atom stereocenters. The van der Waals surface area contributed by atoms with Crippen molar-refractivity contribution < 1.29 is 4.79 Å².